The van der Waals surface area contributed by atoms with E-state index in [0.717, 1.165) is 86.0 Å². The second-order valence-corrected chi connectivity index (χ2v) is 11.9. The zero-order valence-electron chi connectivity index (χ0n) is 23.5. The minimum Gasteiger partial charge on any atom is -0.477 e. The monoisotopic (exact) mass is 553 g/mol. The molecule has 0 spiro atoms. The summed E-state index contributed by atoms with van der Waals surface area (Å²) in [6.45, 7) is 5.00. The Bertz CT molecular complexity index is 1630. The molecule has 212 valence electrons. The van der Waals surface area contributed by atoms with Crippen molar-refractivity contribution in [2.24, 2.45) is 24.8 Å². The van der Waals surface area contributed by atoms with E-state index in [1.807, 2.05) is 20.0 Å². The van der Waals surface area contributed by atoms with Crippen molar-refractivity contribution in [2.45, 2.75) is 45.6 Å². The first-order valence-electron chi connectivity index (χ1n) is 14.6. The topological polar surface area (TPSA) is 107 Å². The Labute approximate surface area is 238 Å². The molecule has 3 aromatic heterocycles. The van der Waals surface area contributed by atoms with Gasteiger partial charge >= 0.3 is 0 Å². The van der Waals surface area contributed by atoms with Crippen LogP contribution in [0, 0.1) is 24.7 Å². The van der Waals surface area contributed by atoms with Crippen molar-refractivity contribution in [2.75, 3.05) is 29.9 Å². The molecular formula is C31H35N7O3. The Kier molecular flexibility index (Phi) is 6.48. The van der Waals surface area contributed by atoms with E-state index >= 15 is 0 Å². The lowest BCUT2D eigenvalue weighted by Gasteiger charge is -2.31. The lowest BCUT2D eigenvalue weighted by Crippen LogP contribution is -2.34. The van der Waals surface area contributed by atoms with E-state index in [1.54, 1.807) is 23.0 Å². The summed E-state index contributed by atoms with van der Waals surface area (Å²) in [6.07, 6.45) is 7.83. The number of nitrogens with one attached hydrogen (secondary N) is 1. The molecule has 4 bridgehead atoms. The second kappa shape index (κ2) is 10.3. The molecule has 41 heavy (non-hydrogen) atoms. The number of rotatable bonds is 2. The van der Waals surface area contributed by atoms with Gasteiger partial charge in [-0.2, -0.15) is 5.10 Å². The van der Waals surface area contributed by atoms with Crippen LogP contribution >= 0.6 is 0 Å². The minimum atomic E-state index is -0.227. The van der Waals surface area contributed by atoms with Crippen LogP contribution in [0.4, 0.5) is 11.6 Å². The number of ether oxygens (including phenoxy) is 1. The number of fused-ring (bicyclic) bond motifs is 9. The molecule has 2 aliphatic heterocycles. The van der Waals surface area contributed by atoms with Crippen molar-refractivity contribution in [1.82, 2.24) is 24.3 Å². The number of carbonyl (C=O) groups is 2. The number of hydrogen-bond acceptors (Lipinski definition) is 7. The van der Waals surface area contributed by atoms with Crippen LogP contribution in [0.15, 0.2) is 36.5 Å². The van der Waals surface area contributed by atoms with Gasteiger partial charge in [-0.15, -0.1) is 0 Å². The Morgan fingerprint density at radius 3 is 2.71 bits per heavy atom. The number of benzene rings is 1. The van der Waals surface area contributed by atoms with Gasteiger partial charge in [0, 0.05) is 49.5 Å². The Hall–Kier alpha value is -4.21. The van der Waals surface area contributed by atoms with Gasteiger partial charge in [0.1, 0.15) is 6.29 Å². The van der Waals surface area contributed by atoms with Gasteiger partial charge in [0.05, 0.1) is 35.1 Å². The number of aldehydes is 1. The molecule has 5 heterocycles. The molecule has 1 aromatic carbocycles. The van der Waals surface area contributed by atoms with E-state index in [4.69, 9.17) is 14.7 Å². The summed E-state index contributed by atoms with van der Waals surface area (Å²) in [4.78, 5) is 36.9. The maximum Gasteiger partial charge on any atom is 0.258 e. The number of nitrogens with zero attached hydrogens (tertiary/aromatic N) is 6. The van der Waals surface area contributed by atoms with Crippen LogP contribution in [0.25, 0.3) is 22.3 Å². The van der Waals surface area contributed by atoms with Crippen molar-refractivity contribution in [1.29, 1.82) is 0 Å². The third kappa shape index (κ3) is 4.85. The first kappa shape index (κ1) is 25.7. The quantitative estimate of drug-likeness (QED) is 0.361. The molecular weight excluding hydrogens is 518 g/mol. The van der Waals surface area contributed by atoms with Gasteiger partial charge in [0.15, 0.2) is 0 Å². The number of pyridine rings is 1. The second-order valence-electron chi connectivity index (χ2n) is 11.9. The van der Waals surface area contributed by atoms with Gasteiger partial charge in [-0.1, -0.05) is 0 Å². The van der Waals surface area contributed by atoms with Gasteiger partial charge < -0.3 is 19.0 Å². The average Bonchev–Trinajstić information content (AvgIpc) is 3.68. The highest BCUT2D eigenvalue weighted by Gasteiger charge is 2.29. The van der Waals surface area contributed by atoms with Crippen LogP contribution in [0.1, 0.15) is 48.2 Å². The number of hydrogen-bond donors (Lipinski definition) is 1. The van der Waals surface area contributed by atoms with Gasteiger partial charge in [0.2, 0.25) is 11.8 Å². The predicted molar refractivity (Wildman–Crippen MR) is 156 cm³/mol. The molecule has 1 amide bonds. The summed E-state index contributed by atoms with van der Waals surface area (Å²) in [5.74, 6) is 2.06. The molecule has 1 N–H and O–H groups in total. The standard InChI is InChI=1S/C31H35N7O3/c1-19-11-23-13-27(33-19)25-15-32-36(2)30(25)41-18-22-4-3-21(12-22)16-38-28-14-24(37-9-7-20(17-39)8-10-37)5-6-26(28)34-31(38)35-29(23)40/h5-6,11,13-15,17,20-22H,3-4,7-10,12,16,18H2,1-2H3,(H,34,35,40)/t21-,22+/m1/s1. The molecule has 0 unspecified atom stereocenters. The van der Waals surface area contributed by atoms with E-state index in [2.05, 4.69) is 32.0 Å². The highest BCUT2D eigenvalue weighted by Crippen LogP contribution is 2.37. The maximum absolute atomic E-state index is 13.7. The number of piperidine rings is 1. The van der Waals surface area contributed by atoms with Crippen molar-refractivity contribution in [3.8, 4) is 17.1 Å². The van der Waals surface area contributed by atoms with Gasteiger partial charge in [-0.25, -0.2) is 9.67 Å². The predicted octanol–water partition coefficient (Wildman–Crippen LogP) is 4.62. The molecule has 7 rings (SSSR count). The lowest BCUT2D eigenvalue weighted by molar-refractivity contribution is -0.111. The molecule has 1 saturated carbocycles. The summed E-state index contributed by atoms with van der Waals surface area (Å²) in [5, 5.41) is 7.56. The van der Waals surface area contributed by atoms with E-state index in [1.165, 1.54) is 0 Å². The highest BCUT2D eigenvalue weighted by atomic mass is 16.5. The van der Waals surface area contributed by atoms with E-state index < -0.39 is 0 Å². The number of carbonyl (C=O) groups excluding carboxylic acids is 2. The van der Waals surface area contributed by atoms with E-state index in [-0.39, 0.29) is 11.8 Å². The molecule has 2 atom stereocenters. The summed E-state index contributed by atoms with van der Waals surface area (Å²) in [5.41, 5.74) is 5.70. The third-order valence-corrected chi connectivity index (χ3v) is 8.98. The number of anilines is 2. The molecule has 4 aromatic rings. The van der Waals surface area contributed by atoms with E-state index in [9.17, 15) is 9.59 Å². The van der Waals surface area contributed by atoms with E-state index in [0.29, 0.717) is 41.5 Å². The number of imidazole rings is 1. The van der Waals surface area contributed by atoms with Crippen LogP contribution < -0.4 is 15.0 Å². The Balaban J connectivity index is 1.29. The van der Waals surface area contributed by atoms with Crippen LogP contribution in [0.2, 0.25) is 0 Å². The van der Waals surface area contributed by atoms with Crippen LogP contribution in [-0.4, -0.2) is 56.2 Å². The van der Waals surface area contributed by atoms with Crippen LogP contribution in [-0.2, 0) is 18.4 Å². The molecule has 1 aliphatic carbocycles. The molecule has 0 radical (unpaired) electrons. The first-order valence-corrected chi connectivity index (χ1v) is 14.6. The molecule has 10 nitrogen and oxygen atoms in total. The lowest BCUT2D eigenvalue weighted by atomic mass is 9.98. The fourth-order valence-electron chi connectivity index (χ4n) is 6.72. The van der Waals surface area contributed by atoms with Crippen molar-refractivity contribution in [3.63, 3.8) is 0 Å². The third-order valence-electron chi connectivity index (χ3n) is 8.98. The fraction of sp³-hybridized carbons (Fsp3) is 0.452. The normalized spacial score (nSPS) is 21.4. The van der Waals surface area contributed by atoms with Gasteiger partial charge in [-0.3, -0.25) is 15.1 Å². The molecule has 3 aliphatic rings. The van der Waals surface area contributed by atoms with Gasteiger partial charge in [-0.05, 0) is 81.2 Å². The summed E-state index contributed by atoms with van der Waals surface area (Å²) >= 11 is 0. The minimum absolute atomic E-state index is 0.152. The van der Waals surface area contributed by atoms with Crippen molar-refractivity contribution < 1.29 is 14.3 Å². The van der Waals surface area contributed by atoms with Crippen LogP contribution in [0.3, 0.4) is 0 Å². The summed E-state index contributed by atoms with van der Waals surface area (Å²) < 4.78 is 10.3. The maximum atomic E-state index is 13.7. The Morgan fingerprint density at radius 2 is 1.88 bits per heavy atom. The summed E-state index contributed by atoms with van der Waals surface area (Å²) in [7, 11) is 1.87. The molecule has 1 saturated heterocycles. The largest absolute Gasteiger partial charge is 0.477 e. The van der Waals surface area contributed by atoms with Crippen molar-refractivity contribution in [3.05, 3.63) is 47.8 Å². The zero-order chi connectivity index (χ0) is 28.1. The fourth-order valence-corrected chi connectivity index (χ4v) is 6.72. The van der Waals surface area contributed by atoms with Gasteiger partial charge in [0.25, 0.3) is 5.91 Å². The van der Waals surface area contributed by atoms with Crippen LogP contribution in [0.5, 0.6) is 5.88 Å². The SMILES string of the molecule is Cc1cc2cc(n1)-c1cnn(C)c1OC[C@H]1CC[C@H](C1)Cn1c(nc3ccc(N4CCC(C=O)CC4)cc31)NC2=O. The Morgan fingerprint density at radius 1 is 1.05 bits per heavy atom. The van der Waals surface area contributed by atoms with Crippen molar-refractivity contribution >= 4 is 34.9 Å². The number of aryl methyl sites for hydroxylation is 2. The highest BCUT2D eigenvalue weighted by molar-refractivity contribution is 6.05. The summed E-state index contributed by atoms with van der Waals surface area (Å²) in [6, 6.07) is 9.94. The average molecular weight is 554 g/mol. The number of amides is 1. The zero-order valence-corrected chi connectivity index (χ0v) is 23.5. The molecule has 10 heteroatoms. The number of aromatic nitrogens is 5. The molecule has 2 fully saturated rings. The first-order chi connectivity index (χ1) is 19.9. The smallest absolute Gasteiger partial charge is 0.258 e.